The van der Waals surface area contributed by atoms with Crippen molar-refractivity contribution >= 4 is 78.2 Å². The SMILES string of the molecule is Cc1cccc2c1NC(c1ccccc1)N2c1cccc(-c2ccc(-c3c4ccccc4c([Si](c4ccccc4)(c4ccccc4)c4cccc5ccccc45)c4ccccc34)cc2)c1. The number of para-hydroxylation sites is 1. The summed E-state index contributed by atoms with van der Waals surface area (Å²) >= 11 is 0. The van der Waals surface area contributed by atoms with Gasteiger partial charge in [0.2, 0.25) is 0 Å². The number of aryl methyl sites for hydroxylation is 1. The number of rotatable bonds is 8. The Morgan fingerprint density at radius 3 is 1.60 bits per heavy atom. The average molecular weight is 847 g/mol. The minimum Gasteiger partial charge on any atom is -0.359 e. The van der Waals surface area contributed by atoms with Gasteiger partial charge in [-0.25, -0.2) is 0 Å². The highest BCUT2D eigenvalue weighted by Gasteiger charge is 2.45. The summed E-state index contributed by atoms with van der Waals surface area (Å²) in [6.45, 7) is 2.19. The molecule has 12 rings (SSSR count). The van der Waals surface area contributed by atoms with Gasteiger partial charge in [-0.2, -0.15) is 0 Å². The molecule has 3 heteroatoms. The van der Waals surface area contributed by atoms with Gasteiger partial charge in [0, 0.05) is 5.69 Å². The van der Waals surface area contributed by atoms with Gasteiger partial charge < -0.3 is 10.2 Å². The minimum atomic E-state index is -3.05. The molecule has 0 aromatic heterocycles. The third-order valence-corrected chi connectivity index (χ3v) is 18.6. The number of hydrogen-bond donors (Lipinski definition) is 1. The molecule has 1 atom stereocenters. The molecule has 1 heterocycles. The first kappa shape index (κ1) is 38.7. The second-order valence-electron chi connectivity index (χ2n) is 17.3. The maximum absolute atomic E-state index is 3.86. The van der Waals surface area contributed by atoms with Crippen LogP contribution in [0.1, 0.15) is 17.3 Å². The summed E-state index contributed by atoms with van der Waals surface area (Å²) in [5.41, 5.74) is 10.8. The van der Waals surface area contributed by atoms with E-state index in [1.54, 1.807) is 0 Å². The quantitative estimate of drug-likeness (QED) is 0.0931. The third-order valence-electron chi connectivity index (χ3n) is 13.7. The van der Waals surface area contributed by atoms with Crippen molar-refractivity contribution in [3.05, 3.63) is 260 Å². The van der Waals surface area contributed by atoms with Gasteiger partial charge in [-0.3, -0.25) is 0 Å². The van der Waals surface area contributed by atoms with E-state index in [-0.39, 0.29) is 6.17 Å². The van der Waals surface area contributed by atoms with E-state index in [4.69, 9.17) is 0 Å². The fraction of sp³-hybridized carbons (Fsp3) is 0.0323. The van der Waals surface area contributed by atoms with E-state index in [0.717, 1.165) is 5.69 Å². The van der Waals surface area contributed by atoms with Gasteiger partial charge in [0.15, 0.2) is 8.07 Å². The average Bonchev–Trinajstić information content (AvgIpc) is 3.78. The topological polar surface area (TPSA) is 15.3 Å². The second kappa shape index (κ2) is 16.0. The maximum Gasteiger partial charge on any atom is 0.181 e. The second-order valence-corrected chi connectivity index (χ2v) is 21.0. The molecule has 0 bridgehead atoms. The number of fused-ring (bicyclic) bond motifs is 4. The van der Waals surface area contributed by atoms with Crippen LogP contribution in [-0.4, -0.2) is 8.07 Å². The Kier molecular flexibility index (Phi) is 9.51. The predicted molar refractivity (Wildman–Crippen MR) is 280 cm³/mol. The van der Waals surface area contributed by atoms with Crippen LogP contribution in [0.15, 0.2) is 249 Å². The lowest BCUT2D eigenvalue weighted by atomic mass is 9.91. The van der Waals surface area contributed by atoms with E-state index in [9.17, 15) is 0 Å². The van der Waals surface area contributed by atoms with Crippen molar-refractivity contribution in [2.75, 3.05) is 10.2 Å². The monoisotopic (exact) mass is 846 g/mol. The van der Waals surface area contributed by atoms with Crippen molar-refractivity contribution in [2.24, 2.45) is 0 Å². The molecule has 0 amide bonds. The van der Waals surface area contributed by atoms with E-state index < -0.39 is 8.07 Å². The summed E-state index contributed by atoms with van der Waals surface area (Å²) in [5.74, 6) is 0. The van der Waals surface area contributed by atoms with Crippen LogP contribution < -0.4 is 31.0 Å². The first-order chi connectivity index (χ1) is 32.2. The van der Waals surface area contributed by atoms with E-state index in [0.29, 0.717) is 0 Å². The minimum absolute atomic E-state index is 0.0133. The molecular formula is C62H46N2Si. The first-order valence-electron chi connectivity index (χ1n) is 22.6. The molecule has 0 fully saturated rings. The summed E-state index contributed by atoms with van der Waals surface area (Å²) in [4.78, 5) is 2.45. The molecule has 1 aliphatic rings. The van der Waals surface area contributed by atoms with E-state index in [2.05, 4.69) is 266 Å². The van der Waals surface area contributed by atoms with Crippen molar-refractivity contribution < 1.29 is 0 Å². The van der Waals surface area contributed by atoms with Gasteiger partial charge in [0.05, 0.1) is 11.4 Å². The lowest BCUT2D eigenvalue weighted by Gasteiger charge is -2.37. The number of anilines is 3. The normalized spacial score (nSPS) is 13.6. The fourth-order valence-electron chi connectivity index (χ4n) is 10.9. The molecule has 1 aliphatic heterocycles. The van der Waals surface area contributed by atoms with Crippen molar-refractivity contribution in [3.63, 3.8) is 0 Å². The molecule has 0 saturated carbocycles. The Hall–Kier alpha value is -7.98. The zero-order valence-electron chi connectivity index (χ0n) is 36.2. The number of benzene rings is 11. The molecule has 0 saturated heterocycles. The highest BCUT2D eigenvalue weighted by atomic mass is 28.3. The van der Waals surface area contributed by atoms with Crippen LogP contribution in [0, 0.1) is 6.92 Å². The molecule has 1 unspecified atom stereocenters. The Balaban J connectivity index is 1.05. The van der Waals surface area contributed by atoms with Gasteiger partial charge in [-0.1, -0.05) is 231 Å². The standard InChI is InChI=1S/C62H46N2Si/c1-43-20-17-36-57-60(43)63-62(47-22-5-2-6-23-47)64(57)49-26-18-25-48(42-49)44-38-40-46(41-39-44)59-53-32-13-15-34-55(53)61(56-35-16-14-33-54(56)59)65(50-27-7-3-8-28-50,51-29-9-4-10-30-51)58-37-19-24-45-21-11-12-31-52(45)58/h2-42,62-63H,1H3. The van der Waals surface area contributed by atoms with Crippen LogP contribution in [0.4, 0.5) is 17.1 Å². The molecule has 11 aromatic rings. The zero-order chi connectivity index (χ0) is 43.3. The number of nitrogens with one attached hydrogen (secondary N) is 1. The largest absolute Gasteiger partial charge is 0.359 e. The molecule has 0 aliphatic carbocycles. The Bertz CT molecular complexity index is 3430. The molecule has 2 nitrogen and oxygen atoms in total. The van der Waals surface area contributed by atoms with Gasteiger partial charge in [-0.05, 0) is 112 Å². The van der Waals surface area contributed by atoms with E-state index in [1.807, 2.05) is 0 Å². The lowest BCUT2D eigenvalue weighted by Crippen LogP contribution is -2.75. The summed E-state index contributed by atoms with van der Waals surface area (Å²) in [6.07, 6.45) is -0.0133. The molecule has 0 radical (unpaired) electrons. The predicted octanol–water partition coefficient (Wildman–Crippen LogP) is 13.4. The molecule has 0 spiro atoms. The van der Waals surface area contributed by atoms with Crippen LogP contribution >= 0.6 is 0 Å². The summed E-state index contributed by atoms with van der Waals surface area (Å²) < 4.78 is 0. The van der Waals surface area contributed by atoms with Crippen LogP contribution in [0.5, 0.6) is 0 Å². The van der Waals surface area contributed by atoms with Crippen LogP contribution in [0.3, 0.4) is 0 Å². The number of nitrogens with zero attached hydrogens (tertiary/aromatic N) is 1. The van der Waals surface area contributed by atoms with Crippen LogP contribution in [0.25, 0.3) is 54.6 Å². The molecule has 11 aromatic carbocycles. The van der Waals surface area contributed by atoms with Crippen LogP contribution in [-0.2, 0) is 0 Å². The van der Waals surface area contributed by atoms with Crippen molar-refractivity contribution in [2.45, 2.75) is 13.1 Å². The number of hydrogen-bond acceptors (Lipinski definition) is 2. The first-order valence-corrected chi connectivity index (χ1v) is 24.6. The molecule has 65 heavy (non-hydrogen) atoms. The molecular weight excluding hydrogens is 801 g/mol. The summed E-state index contributed by atoms with van der Waals surface area (Å²) in [7, 11) is -3.05. The molecule has 308 valence electrons. The summed E-state index contributed by atoms with van der Waals surface area (Å²) in [6, 6.07) is 92.6. The highest BCUT2D eigenvalue weighted by molar-refractivity contribution is 7.22. The van der Waals surface area contributed by atoms with Gasteiger partial charge in [-0.15, -0.1) is 0 Å². The Labute approximate surface area is 381 Å². The Morgan fingerprint density at radius 2 is 0.938 bits per heavy atom. The fourth-order valence-corrected chi connectivity index (χ4v) is 16.3. The highest BCUT2D eigenvalue weighted by Crippen LogP contribution is 2.48. The van der Waals surface area contributed by atoms with Gasteiger partial charge in [0.25, 0.3) is 0 Å². The van der Waals surface area contributed by atoms with E-state index >= 15 is 0 Å². The molecule has 1 N–H and O–H groups in total. The van der Waals surface area contributed by atoms with Crippen molar-refractivity contribution in [1.82, 2.24) is 0 Å². The van der Waals surface area contributed by atoms with Gasteiger partial charge >= 0.3 is 0 Å². The van der Waals surface area contributed by atoms with Crippen molar-refractivity contribution in [1.29, 1.82) is 0 Å². The van der Waals surface area contributed by atoms with Gasteiger partial charge in [0.1, 0.15) is 6.17 Å². The zero-order valence-corrected chi connectivity index (χ0v) is 37.2. The smallest absolute Gasteiger partial charge is 0.181 e. The van der Waals surface area contributed by atoms with Crippen molar-refractivity contribution in [3.8, 4) is 22.3 Å². The van der Waals surface area contributed by atoms with Crippen LogP contribution in [0.2, 0.25) is 0 Å². The Morgan fingerprint density at radius 1 is 0.415 bits per heavy atom. The third kappa shape index (κ3) is 6.30. The van der Waals surface area contributed by atoms with E-state index in [1.165, 1.54) is 97.8 Å². The maximum atomic E-state index is 3.86. The summed E-state index contributed by atoms with van der Waals surface area (Å²) in [5, 5.41) is 17.1. The lowest BCUT2D eigenvalue weighted by molar-refractivity contribution is 0.828.